The van der Waals surface area contributed by atoms with Gasteiger partial charge in [0, 0.05) is 11.0 Å². The molecule has 2 aromatic rings. The lowest BCUT2D eigenvalue weighted by Gasteiger charge is -2.26. The summed E-state index contributed by atoms with van der Waals surface area (Å²) in [5.74, 6) is 0.919. The number of sulfonamides is 1. The van der Waals surface area contributed by atoms with Crippen molar-refractivity contribution in [3.05, 3.63) is 58.6 Å². The van der Waals surface area contributed by atoms with Crippen LogP contribution in [0.25, 0.3) is 0 Å². The van der Waals surface area contributed by atoms with E-state index in [1.165, 1.54) is 17.0 Å². The highest BCUT2D eigenvalue weighted by molar-refractivity contribution is 7.99. The molecule has 0 aliphatic heterocycles. The molecule has 28 heavy (non-hydrogen) atoms. The highest BCUT2D eigenvalue weighted by Gasteiger charge is 2.21. The molecule has 152 valence electrons. The highest BCUT2D eigenvalue weighted by atomic mass is 32.2. The van der Waals surface area contributed by atoms with E-state index in [0.29, 0.717) is 0 Å². The van der Waals surface area contributed by atoms with Crippen molar-refractivity contribution < 1.29 is 13.3 Å². The van der Waals surface area contributed by atoms with Gasteiger partial charge in [0.25, 0.3) is 5.69 Å². The average Bonchev–Trinajstić information content (AvgIpc) is 2.64. The lowest BCUT2D eigenvalue weighted by atomic mass is 10.2. The van der Waals surface area contributed by atoms with Crippen LogP contribution in [0, 0.1) is 10.1 Å². The topological polar surface area (TPSA) is 119 Å². The van der Waals surface area contributed by atoms with Gasteiger partial charge in [-0.1, -0.05) is 18.2 Å². The molecule has 0 aromatic heterocycles. The number of nitro groups is 1. The summed E-state index contributed by atoms with van der Waals surface area (Å²) in [5, 5.41) is 19.6. The van der Waals surface area contributed by atoms with E-state index in [1.54, 1.807) is 11.8 Å². The fourth-order valence-electron chi connectivity index (χ4n) is 2.58. The maximum atomic E-state index is 11.5. The SMILES string of the molecule is CN(C)C(CCCSc1ccccc1)Nc1ccc(S(N)(=O)=O)cc1[N+](=O)[O-]. The van der Waals surface area contributed by atoms with Gasteiger partial charge in [0.05, 0.1) is 16.0 Å². The predicted molar refractivity (Wildman–Crippen MR) is 112 cm³/mol. The summed E-state index contributed by atoms with van der Waals surface area (Å²) in [6, 6.07) is 13.7. The maximum absolute atomic E-state index is 11.5. The van der Waals surface area contributed by atoms with Crippen LogP contribution in [0.15, 0.2) is 58.3 Å². The molecule has 0 heterocycles. The van der Waals surface area contributed by atoms with Gasteiger partial charge in [-0.3, -0.25) is 15.0 Å². The Labute approximate surface area is 169 Å². The molecule has 2 rings (SSSR count). The molecule has 0 fully saturated rings. The Morgan fingerprint density at radius 2 is 1.89 bits per heavy atom. The van der Waals surface area contributed by atoms with Gasteiger partial charge < -0.3 is 5.32 Å². The van der Waals surface area contributed by atoms with Crippen molar-refractivity contribution in [2.24, 2.45) is 5.14 Å². The molecule has 1 unspecified atom stereocenters. The molecule has 3 N–H and O–H groups in total. The summed E-state index contributed by atoms with van der Waals surface area (Å²) in [6.45, 7) is 0. The van der Waals surface area contributed by atoms with Gasteiger partial charge in [0.15, 0.2) is 0 Å². The van der Waals surface area contributed by atoms with Crippen LogP contribution in [0.2, 0.25) is 0 Å². The standard InChI is InChI=1S/C18H24N4O4S2/c1-21(2)18(9-6-12-27-14-7-4-3-5-8-14)20-16-11-10-15(28(19,25)26)13-17(16)22(23)24/h3-5,7-8,10-11,13,18,20H,6,9,12H2,1-2H3,(H2,19,25,26). The van der Waals surface area contributed by atoms with Crippen molar-refractivity contribution in [3.63, 3.8) is 0 Å². The molecule has 0 saturated carbocycles. The Bertz CT molecular complexity index is 905. The third kappa shape index (κ3) is 6.48. The van der Waals surface area contributed by atoms with Gasteiger partial charge in [0.1, 0.15) is 5.69 Å². The molecule has 8 nitrogen and oxygen atoms in total. The summed E-state index contributed by atoms with van der Waals surface area (Å²) >= 11 is 1.76. The number of benzene rings is 2. The third-order valence-electron chi connectivity index (χ3n) is 4.07. The van der Waals surface area contributed by atoms with Crippen molar-refractivity contribution >= 4 is 33.2 Å². The summed E-state index contributed by atoms with van der Waals surface area (Å²) in [6.07, 6.45) is 1.52. The van der Waals surface area contributed by atoms with Gasteiger partial charge in [-0.25, -0.2) is 13.6 Å². The second-order valence-electron chi connectivity index (χ2n) is 6.41. The van der Waals surface area contributed by atoms with E-state index < -0.39 is 14.9 Å². The van der Waals surface area contributed by atoms with Crippen LogP contribution in [0.4, 0.5) is 11.4 Å². The number of nitrogens with one attached hydrogen (secondary N) is 1. The number of nitrogens with two attached hydrogens (primary N) is 1. The van der Waals surface area contributed by atoms with Crippen LogP contribution in [0.1, 0.15) is 12.8 Å². The summed E-state index contributed by atoms with van der Waals surface area (Å²) in [4.78, 5) is 13.6. The third-order valence-corrected chi connectivity index (χ3v) is 6.08. The molecule has 0 aliphatic rings. The Kier molecular flexibility index (Phi) is 7.81. The van der Waals surface area contributed by atoms with Gasteiger partial charge in [0.2, 0.25) is 10.0 Å². The minimum atomic E-state index is -4.01. The summed E-state index contributed by atoms with van der Waals surface area (Å²) in [5.41, 5.74) is -0.0659. The maximum Gasteiger partial charge on any atom is 0.293 e. The smallest absolute Gasteiger partial charge is 0.293 e. The zero-order chi connectivity index (χ0) is 20.7. The molecule has 1 atom stereocenters. The minimum Gasteiger partial charge on any atom is -0.364 e. The molecule has 10 heteroatoms. The van der Waals surface area contributed by atoms with E-state index >= 15 is 0 Å². The van der Waals surface area contributed by atoms with E-state index in [1.807, 2.05) is 37.2 Å². The monoisotopic (exact) mass is 424 g/mol. The first-order chi connectivity index (χ1) is 13.2. The Balaban J connectivity index is 2.05. The van der Waals surface area contributed by atoms with E-state index in [9.17, 15) is 18.5 Å². The predicted octanol–water partition coefficient (Wildman–Crippen LogP) is 3.11. The van der Waals surface area contributed by atoms with Crippen LogP contribution in [0.5, 0.6) is 0 Å². The average molecular weight is 425 g/mol. The van der Waals surface area contributed by atoms with E-state index in [2.05, 4.69) is 17.4 Å². The number of primary sulfonamides is 1. The Morgan fingerprint density at radius 3 is 2.46 bits per heavy atom. The first-order valence-electron chi connectivity index (χ1n) is 8.60. The number of thioether (sulfide) groups is 1. The fraction of sp³-hybridized carbons (Fsp3) is 0.333. The molecule has 0 spiro atoms. The zero-order valence-electron chi connectivity index (χ0n) is 15.7. The zero-order valence-corrected chi connectivity index (χ0v) is 17.4. The summed E-state index contributed by atoms with van der Waals surface area (Å²) in [7, 11) is -0.247. The lowest BCUT2D eigenvalue weighted by Crippen LogP contribution is -2.35. The summed E-state index contributed by atoms with van der Waals surface area (Å²) < 4.78 is 22.9. The van der Waals surface area contributed by atoms with Gasteiger partial charge in [-0.15, -0.1) is 11.8 Å². The minimum absolute atomic E-state index is 0.143. The van der Waals surface area contributed by atoms with E-state index in [-0.39, 0.29) is 22.4 Å². The van der Waals surface area contributed by atoms with Crippen LogP contribution in [-0.4, -0.2) is 44.3 Å². The second-order valence-corrected chi connectivity index (χ2v) is 9.14. The fourth-order valence-corrected chi connectivity index (χ4v) is 4.01. The number of anilines is 1. The number of rotatable bonds is 10. The van der Waals surface area contributed by atoms with Crippen LogP contribution >= 0.6 is 11.8 Å². The van der Waals surface area contributed by atoms with Crippen molar-refractivity contribution in [3.8, 4) is 0 Å². The molecule has 0 radical (unpaired) electrons. The molecular weight excluding hydrogens is 400 g/mol. The molecule has 0 saturated heterocycles. The van der Waals surface area contributed by atoms with Crippen molar-refractivity contribution in [1.29, 1.82) is 0 Å². The molecule has 0 bridgehead atoms. The number of nitrogens with zero attached hydrogens (tertiary/aromatic N) is 2. The number of hydrogen-bond donors (Lipinski definition) is 2. The molecule has 0 amide bonds. The molecule has 0 aliphatic carbocycles. The lowest BCUT2D eigenvalue weighted by molar-refractivity contribution is -0.384. The van der Waals surface area contributed by atoms with Gasteiger partial charge >= 0.3 is 0 Å². The first-order valence-corrected chi connectivity index (χ1v) is 11.1. The molecule has 2 aromatic carbocycles. The number of hydrogen-bond acceptors (Lipinski definition) is 7. The number of nitro benzene ring substituents is 1. The van der Waals surface area contributed by atoms with Crippen LogP contribution < -0.4 is 10.5 Å². The van der Waals surface area contributed by atoms with Crippen molar-refractivity contribution in [2.75, 3.05) is 25.2 Å². The van der Waals surface area contributed by atoms with E-state index in [0.717, 1.165) is 24.7 Å². The van der Waals surface area contributed by atoms with E-state index in [4.69, 9.17) is 5.14 Å². The van der Waals surface area contributed by atoms with Crippen LogP contribution in [0.3, 0.4) is 0 Å². The largest absolute Gasteiger partial charge is 0.364 e. The van der Waals surface area contributed by atoms with Gasteiger partial charge in [-0.05, 0) is 57.0 Å². The highest BCUT2D eigenvalue weighted by Crippen LogP contribution is 2.29. The van der Waals surface area contributed by atoms with Crippen molar-refractivity contribution in [1.82, 2.24) is 4.90 Å². The van der Waals surface area contributed by atoms with Crippen LogP contribution in [-0.2, 0) is 10.0 Å². The normalized spacial score (nSPS) is 12.7. The first kappa shape index (κ1) is 22.2. The van der Waals surface area contributed by atoms with Gasteiger partial charge in [-0.2, -0.15) is 0 Å². The Morgan fingerprint density at radius 1 is 1.21 bits per heavy atom. The molecular formula is C18H24N4O4S2. The van der Waals surface area contributed by atoms with Crippen molar-refractivity contribution in [2.45, 2.75) is 28.8 Å². The second kappa shape index (κ2) is 9.87. The Hall–Kier alpha value is -2.14. The quantitative estimate of drug-likeness (QED) is 0.198.